The van der Waals surface area contributed by atoms with Crippen LogP contribution in [0.4, 0.5) is 4.39 Å². The molecule has 1 saturated heterocycles. The summed E-state index contributed by atoms with van der Waals surface area (Å²) in [6.07, 6.45) is 0. The number of rotatable bonds is 1. The first kappa shape index (κ1) is 13.2. The van der Waals surface area contributed by atoms with Crippen LogP contribution in [0.2, 0.25) is 0 Å². The number of aromatic hydroxyl groups is 1. The van der Waals surface area contributed by atoms with Crippen molar-refractivity contribution in [2.45, 2.75) is 18.6 Å². The van der Waals surface area contributed by atoms with Gasteiger partial charge in [-0.2, -0.15) is 11.8 Å². The van der Waals surface area contributed by atoms with Crippen molar-refractivity contribution in [1.82, 2.24) is 4.90 Å². The number of phenolic OH excluding ortho intramolecular Hbond substituents is 1. The molecule has 1 heterocycles. The third kappa shape index (κ3) is 2.61. The smallest absolute Gasteiger partial charge is 0.260 e. The average Bonchev–Trinajstić information content (AvgIpc) is 2.27. The molecule has 0 spiro atoms. The highest BCUT2D eigenvalue weighted by Crippen LogP contribution is 2.31. The summed E-state index contributed by atoms with van der Waals surface area (Å²) in [5, 5.41) is 9.63. The number of thioether (sulfide) groups is 1. The van der Waals surface area contributed by atoms with E-state index in [4.69, 9.17) is 0 Å². The molecule has 5 heteroatoms. The normalized spacial score (nSPS) is 18.7. The highest BCUT2D eigenvalue weighted by Gasteiger charge is 2.32. The molecule has 1 aliphatic heterocycles. The highest BCUT2D eigenvalue weighted by atomic mass is 32.2. The van der Waals surface area contributed by atoms with E-state index in [2.05, 4.69) is 13.8 Å². The van der Waals surface area contributed by atoms with Crippen molar-refractivity contribution in [1.29, 1.82) is 0 Å². The van der Waals surface area contributed by atoms with Crippen molar-refractivity contribution in [2.75, 3.05) is 18.8 Å². The number of halogens is 1. The number of phenols is 1. The number of hydrogen-bond acceptors (Lipinski definition) is 3. The molecule has 1 aromatic rings. The van der Waals surface area contributed by atoms with Crippen molar-refractivity contribution in [3.63, 3.8) is 0 Å². The van der Waals surface area contributed by atoms with Crippen molar-refractivity contribution < 1.29 is 14.3 Å². The van der Waals surface area contributed by atoms with Crippen LogP contribution in [0.15, 0.2) is 18.2 Å². The third-order valence-electron chi connectivity index (χ3n) is 2.92. The van der Waals surface area contributed by atoms with Gasteiger partial charge in [0.2, 0.25) is 0 Å². The zero-order valence-corrected chi connectivity index (χ0v) is 11.3. The lowest BCUT2D eigenvalue weighted by molar-refractivity contribution is 0.0740. The van der Waals surface area contributed by atoms with Gasteiger partial charge in [0.05, 0.1) is 0 Å². The van der Waals surface area contributed by atoms with Gasteiger partial charge in [0, 0.05) is 23.6 Å². The van der Waals surface area contributed by atoms with E-state index in [9.17, 15) is 14.3 Å². The molecule has 0 saturated carbocycles. The molecule has 2 rings (SSSR count). The van der Waals surface area contributed by atoms with Crippen LogP contribution in [0, 0.1) is 5.82 Å². The molecule has 98 valence electrons. The van der Waals surface area contributed by atoms with E-state index in [0.29, 0.717) is 13.1 Å². The number of hydrogen-bond donors (Lipinski definition) is 1. The van der Waals surface area contributed by atoms with Crippen molar-refractivity contribution in [2.24, 2.45) is 0 Å². The highest BCUT2D eigenvalue weighted by molar-refractivity contribution is 8.00. The number of amides is 1. The van der Waals surface area contributed by atoms with E-state index >= 15 is 0 Å². The van der Waals surface area contributed by atoms with E-state index in [1.807, 2.05) is 0 Å². The number of carbonyl (C=O) groups excluding carboxylic acids is 1. The van der Waals surface area contributed by atoms with Gasteiger partial charge in [-0.05, 0) is 26.0 Å². The molecule has 0 atom stereocenters. The molecule has 1 amide bonds. The first-order valence-corrected chi connectivity index (χ1v) is 6.80. The molecule has 3 nitrogen and oxygen atoms in total. The van der Waals surface area contributed by atoms with Gasteiger partial charge in [-0.1, -0.05) is 6.07 Å². The molecule has 1 aromatic carbocycles. The molecule has 1 fully saturated rings. The van der Waals surface area contributed by atoms with Crippen LogP contribution in [-0.2, 0) is 0 Å². The Morgan fingerprint density at radius 3 is 2.83 bits per heavy atom. The standard InChI is InChI=1S/C13H16FNO2S/c1-13(2)8-15(6-7-18-13)12(17)11-9(14)4-3-5-10(11)16/h3-5,16H,6-8H2,1-2H3. The zero-order valence-electron chi connectivity index (χ0n) is 10.4. The zero-order chi connectivity index (χ0) is 13.3. The van der Waals surface area contributed by atoms with Gasteiger partial charge in [-0.3, -0.25) is 4.79 Å². The molecule has 18 heavy (non-hydrogen) atoms. The lowest BCUT2D eigenvalue weighted by Gasteiger charge is -2.37. The van der Waals surface area contributed by atoms with Crippen molar-refractivity contribution in [3.05, 3.63) is 29.6 Å². The molecule has 1 N–H and O–H groups in total. The summed E-state index contributed by atoms with van der Waals surface area (Å²) >= 11 is 1.79. The molecule has 1 aliphatic rings. The Kier molecular flexibility index (Phi) is 3.52. The minimum Gasteiger partial charge on any atom is -0.507 e. The predicted molar refractivity (Wildman–Crippen MR) is 70.5 cm³/mol. The summed E-state index contributed by atoms with van der Waals surface area (Å²) in [6, 6.07) is 3.91. The van der Waals surface area contributed by atoms with E-state index in [0.717, 1.165) is 5.75 Å². The van der Waals surface area contributed by atoms with Crippen LogP contribution in [0.5, 0.6) is 5.75 Å². The van der Waals surface area contributed by atoms with Gasteiger partial charge in [0.15, 0.2) is 0 Å². The van der Waals surface area contributed by atoms with Crippen LogP contribution in [-0.4, -0.2) is 39.5 Å². The average molecular weight is 269 g/mol. The van der Waals surface area contributed by atoms with Crippen molar-refractivity contribution >= 4 is 17.7 Å². The molecular formula is C13H16FNO2S. The predicted octanol–water partition coefficient (Wildman–Crippen LogP) is 2.50. The van der Waals surface area contributed by atoms with Gasteiger partial charge in [0.1, 0.15) is 17.1 Å². The molecule has 0 bridgehead atoms. The van der Waals surface area contributed by atoms with E-state index in [1.165, 1.54) is 18.2 Å². The van der Waals surface area contributed by atoms with E-state index in [-0.39, 0.29) is 16.1 Å². The Morgan fingerprint density at radius 2 is 2.22 bits per heavy atom. The second-order valence-corrected chi connectivity index (χ2v) is 6.77. The van der Waals surface area contributed by atoms with E-state index < -0.39 is 11.7 Å². The Bertz CT molecular complexity index is 456. The minimum atomic E-state index is -0.670. The first-order valence-electron chi connectivity index (χ1n) is 5.81. The fourth-order valence-corrected chi connectivity index (χ4v) is 3.18. The summed E-state index contributed by atoms with van der Waals surface area (Å²) in [5.41, 5.74) is -0.222. The maximum absolute atomic E-state index is 13.6. The molecule has 0 aliphatic carbocycles. The maximum atomic E-state index is 13.6. The number of nitrogens with zero attached hydrogens (tertiary/aromatic N) is 1. The fraction of sp³-hybridized carbons (Fsp3) is 0.462. The van der Waals surface area contributed by atoms with Gasteiger partial charge < -0.3 is 10.0 Å². The number of benzene rings is 1. The van der Waals surface area contributed by atoms with E-state index in [1.54, 1.807) is 16.7 Å². The summed E-state index contributed by atoms with van der Waals surface area (Å²) in [6.45, 7) is 5.25. The molecule has 0 aromatic heterocycles. The SMILES string of the molecule is CC1(C)CN(C(=O)c2c(O)cccc2F)CCS1. The van der Waals surface area contributed by atoms with Gasteiger partial charge in [-0.25, -0.2) is 4.39 Å². The monoisotopic (exact) mass is 269 g/mol. The van der Waals surface area contributed by atoms with Gasteiger partial charge in [0.25, 0.3) is 5.91 Å². The summed E-state index contributed by atoms with van der Waals surface area (Å²) < 4.78 is 13.6. The summed E-state index contributed by atoms with van der Waals surface area (Å²) in [5.74, 6) is -0.570. The fourth-order valence-electron chi connectivity index (χ4n) is 2.07. The van der Waals surface area contributed by atoms with Crippen LogP contribution in [0.3, 0.4) is 0 Å². The Labute approximate surface area is 110 Å². The van der Waals surface area contributed by atoms with Crippen LogP contribution in [0.25, 0.3) is 0 Å². The van der Waals surface area contributed by atoms with Crippen LogP contribution < -0.4 is 0 Å². The number of carbonyl (C=O) groups is 1. The molecular weight excluding hydrogens is 253 g/mol. The Morgan fingerprint density at radius 1 is 1.50 bits per heavy atom. The first-order chi connectivity index (χ1) is 8.41. The lowest BCUT2D eigenvalue weighted by atomic mass is 10.1. The quantitative estimate of drug-likeness (QED) is 0.851. The molecule has 0 unspecified atom stereocenters. The lowest BCUT2D eigenvalue weighted by Crippen LogP contribution is -2.46. The largest absolute Gasteiger partial charge is 0.507 e. The Hall–Kier alpha value is -1.23. The maximum Gasteiger partial charge on any atom is 0.260 e. The van der Waals surface area contributed by atoms with Crippen LogP contribution >= 0.6 is 11.8 Å². The third-order valence-corrected chi connectivity index (χ3v) is 4.22. The summed E-state index contributed by atoms with van der Waals surface area (Å²) in [7, 11) is 0. The molecule has 0 radical (unpaired) electrons. The summed E-state index contributed by atoms with van der Waals surface area (Å²) in [4.78, 5) is 13.9. The Balaban J connectivity index is 2.26. The van der Waals surface area contributed by atoms with Gasteiger partial charge >= 0.3 is 0 Å². The van der Waals surface area contributed by atoms with Gasteiger partial charge in [-0.15, -0.1) is 0 Å². The van der Waals surface area contributed by atoms with Crippen molar-refractivity contribution in [3.8, 4) is 5.75 Å². The second-order valence-electron chi connectivity index (χ2n) is 4.97. The minimum absolute atomic E-state index is 0.0330. The van der Waals surface area contributed by atoms with Crippen LogP contribution in [0.1, 0.15) is 24.2 Å². The second kappa shape index (κ2) is 4.80. The topological polar surface area (TPSA) is 40.5 Å².